The Kier molecular flexibility index (Phi) is 5.14. The van der Waals surface area contributed by atoms with Crippen molar-refractivity contribution in [2.24, 2.45) is 0 Å². The number of aliphatic hydroxyl groups excluding tert-OH is 1. The Hall–Kier alpha value is -0.930. The highest BCUT2D eigenvalue weighted by Crippen LogP contribution is 2.17. The molecule has 1 aliphatic heterocycles. The minimum atomic E-state index is -0.102. The number of rotatable bonds is 5. The monoisotopic (exact) mass is 251 g/mol. The molecule has 1 saturated heterocycles. The molecular weight excluding hydrogens is 229 g/mol. The maximum atomic E-state index is 13.4. The summed E-state index contributed by atoms with van der Waals surface area (Å²) in [6.45, 7) is 2.28. The Morgan fingerprint density at radius 3 is 2.89 bits per heavy atom. The molecule has 2 rings (SSSR count). The summed E-state index contributed by atoms with van der Waals surface area (Å²) in [5, 5.41) is 9.32. The number of piperidine rings is 1. The van der Waals surface area contributed by atoms with E-state index in [-0.39, 0.29) is 12.4 Å². The third kappa shape index (κ3) is 3.53. The third-order valence-electron chi connectivity index (χ3n) is 3.81. The van der Waals surface area contributed by atoms with Crippen LogP contribution in [0.2, 0.25) is 0 Å². The fourth-order valence-corrected chi connectivity index (χ4v) is 2.73. The summed E-state index contributed by atoms with van der Waals surface area (Å²) in [6, 6.07) is 7.31. The quantitative estimate of drug-likeness (QED) is 0.869. The van der Waals surface area contributed by atoms with E-state index in [4.69, 9.17) is 0 Å². The van der Waals surface area contributed by atoms with Crippen molar-refractivity contribution in [1.82, 2.24) is 4.90 Å². The molecule has 2 nitrogen and oxygen atoms in total. The molecule has 1 aromatic rings. The normalized spacial score (nSPS) is 21.1. The van der Waals surface area contributed by atoms with Gasteiger partial charge in [0.1, 0.15) is 5.82 Å². The minimum absolute atomic E-state index is 0.102. The molecule has 1 atom stereocenters. The molecule has 0 amide bonds. The number of hydrogen-bond donors (Lipinski definition) is 1. The maximum Gasteiger partial charge on any atom is 0.126 e. The van der Waals surface area contributed by atoms with E-state index >= 15 is 0 Å². The summed E-state index contributed by atoms with van der Waals surface area (Å²) in [4.78, 5) is 2.35. The largest absolute Gasteiger partial charge is 0.395 e. The molecule has 0 unspecified atom stereocenters. The molecule has 3 heteroatoms. The van der Waals surface area contributed by atoms with Gasteiger partial charge in [0, 0.05) is 6.04 Å². The second kappa shape index (κ2) is 6.86. The Morgan fingerprint density at radius 1 is 1.28 bits per heavy atom. The van der Waals surface area contributed by atoms with Gasteiger partial charge in [0.2, 0.25) is 0 Å². The first-order valence-electron chi connectivity index (χ1n) is 6.89. The van der Waals surface area contributed by atoms with E-state index in [0.29, 0.717) is 6.04 Å². The van der Waals surface area contributed by atoms with Crippen molar-refractivity contribution in [1.29, 1.82) is 0 Å². The van der Waals surface area contributed by atoms with E-state index in [1.807, 2.05) is 12.1 Å². The molecule has 0 spiro atoms. The molecule has 1 heterocycles. The van der Waals surface area contributed by atoms with Gasteiger partial charge in [0.25, 0.3) is 0 Å². The first kappa shape index (κ1) is 13.5. The SMILES string of the molecule is OC[C@@H]1CCCCN1CCCc1ccccc1F. The lowest BCUT2D eigenvalue weighted by Gasteiger charge is -2.34. The first-order chi connectivity index (χ1) is 8.81. The number of likely N-dealkylation sites (tertiary alicyclic amines) is 1. The van der Waals surface area contributed by atoms with Crippen LogP contribution in [-0.2, 0) is 6.42 Å². The highest BCUT2D eigenvalue weighted by molar-refractivity contribution is 5.17. The lowest BCUT2D eigenvalue weighted by Crippen LogP contribution is -2.42. The van der Waals surface area contributed by atoms with Crippen LogP contribution >= 0.6 is 0 Å². The van der Waals surface area contributed by atoms with E-state index < -0.39 is 0 Å². The zero-order chi connectivity index (χ0) is 12.8. The standard InChI is InChI=1S/C15H22FNO/c16-15-9-2-1-6-13(15)7-5-11-17-10-4-3-8-14(17)12-18/h1-2,6,9,14,18H,3-5,7-8,10-12H2/t14-/m0/s1. The molecule has 0 bridgehead atoms. The fourth-order valence-electron chi connectivity index (χ4n) is 2.73. The Balaban J connectivity index is 1.79. The molecule has 1 N–H and O–H groups in total. The van der Waals surface area contributed by atoms with E-state index in [1.165, 1.54) is 18.9 Å². The Bertz CT molecular complexity index is 369. The average Bonchev–Trinajstić information content (AvgIpc) is 2.41. The van der Waals surface area contributed by atoms with Crippen molar-refractivity contribution in [3.63, 3.8) is 0 Å². The maximum absolute atomic E-state index is 13.4. The van der Waals surface area contributed by atoms with Crippen LogP contribution in [0.1, 0.15) is 31.2 Å². The number of halogens is 1. The number of benzene rings is 1. The molecule has 100 valence electrons. The van der Waals surface area contributed by atoms with E-state index in [2.05, 4.69) is 4.90 Å². The second-order valence-electron chi connectivity index (χ2n) is 5.06. The van der Waals surface area contributed by atoms with E-state index in [0.717, 1.165) is 37.9 Å². The van der Waals surface area contributed by atoms with Crippen molar-refractivity contribution in [2.75, 3.05) is 19.7 Å². The van der Waals surface area contributed by atoms with Crippen molar-refractivity contribution in [3.05, 3.63) is 35.6 Å². The van der Waals surface area contributed by atoms with Crippen LogP contribution in [0.4, 0.5) is 4.39 Å². The number of aliphatic hydroxyl groups is 1. The van der Waals surface area contributed by atoms with Crippen LogP contribution in [0.15, 0.2) is 24.3 Å². The van der Waals surface area contributed by atoms with Gasteiger partial charge in [-0.2, -0.15) is 0 Å². The van der Waals surface area contributed by atoms with Crippen molar-refractivity contribution in [3.8, 4) is 0 Å². The molecule has 0 radical (unpaired) electrons. The molecule has 1 aromatic carbocycles. The van der Waals surface area contributed by atoms with E-state index in [9.17, 15) is 9.50 Å². The molecule has 0 saturated carbocycles. The minimum Gasteiger partial charge on any atom is -0.395 e. The average molecular weight is 251 g/mol. The zero-order valence-corrected chi connectivity index (χ0v) is 10.8. The smallest absolute Gasteiger partial charge is 0.126 e. The predicted octanol–water partition coefficient (Wildman–Crippen LogP) is 2.61. The van der Waals surface area contributed by atoms with Gasteiger partial charge in [-0.1, -0.05) is 24.6 Å². The van der Waals surface area contributed by atoms with Gasteiger partial charge in [0.15, 0.2) is 0 Å². The predicted molar refractivity (Wildman–Crippen MR) is 71.0 cm³/mol. The Morgan fingerprint density at radius 2 is 2.11 bits per heavy atom. The highest BCUT2D eigenvalue weighted by atomic mass is 19.1. The van der Waals surface area contributed by atoms with Gasteiger partial charge < -0.3 is 5.11 Å². The molecule has 0 aromatic heterocycles. The lowest BCUT2D eigenvalue weighted by atomic mass is 10.0. The first-order valence-corrected chi connectivity index (χ1v) is 6.89. The molecule has 1 aliphatic rings. The zero-order valence-electron chi connectivity index (χ0n) is 10.8. The molecular formula is C15H22FNO. The number of nitrogens with zero attached hydrogens (tertiary/aromatic N) is 1. The molecule has 1 fully saturated rings. The van der Waals surface area contributed by atoms with Gasteiger partial charge in [-0.05, 0) is 50.4 Å². The van der Waals surface area contributed by atoms with Crippen LogP contribution in [0.3, 0.4) is 0 Å². The van der Waals surface area contributed by atoms with Crippen LogP contribution in [0.25, 0.3) is 0 Å². The summed E-state index contributed by atoms with van der Waals surface area (Å²) >= 11 is 0. The summed E-state index contributed by atoms with van der Waals surface area (Å²) < 4.78 is 13.4. The van der Waals surface area contributed by atoms with Gasteiger partial charge in [-0.25, -0.2) is 4.39 Å². The lowest BCUT2D eigenvalue weighted by molar-refractivity contribution is 0.0893. The Labute approximate surface area is 108 Å². The van der Waals surface area contributed by atoms with Crippen molar-refractivity contribution >= 4 is 0 Å². The topological polar surface area (TPSA) is 23.5 Å². The number of aryl methyl sites for hydroxylation is 1. The van der Waals surface area contributed by atoms with Crippen LogP contribution in [0.5, 0.6) is 0 Å². The molecule has 0 aliphatic carbocycles. The third-order valence-corrected chi connectivity index (χ3v) is 3.81. The highest BCUT2D eigenvalue weighted by Gasteiger charge is 2.20. The molecule has 18 heavy (non-hydrogen) atoms. The van der Waals surface area contributed by atoms with Crippen molar-refractivity contribution in [2.45, 2.75) is 38.1 Å². The van der Waals surface area contributed by atoms with Gasteiger partial charge in [-0.3, -0.25) is 4.90 Å². The van der Waals surface area contributed by atoms with Gasteiger partial charge in [-0.15, -0.1) is 0 Å². The van der Waals surface area contributed by atoms with Gasteiger partial charge >= 0.3 is 0 Å². The summed E-state index contributed by atoms with van der Waals surface area (Å²) in [5.74, 6) is -0.102. The summed E-state index contributed by atoms with van der Waals surface area (Å²) in [7, 11) is 0. The van der Waals surface area contributed by atoms with Crippen LogP contribution < -0.4 is 0 Å². The fraction of sp³-hybridized carbons (Fsp3) is 0.600. The van der Waals surface area contributed by atoms with Crippen LogP contribution in [-0.4, -0.2) is 35.7 Å². The van der Waals surface area contributed by atoms with Crippen LogP contribution in [0, 0.1) is 5.82 Å². The summed E-state index contributed by atoms with van der Waals surface area (Å²) in [6.07, 6.45) is 5.26. The van der Waals surface area contributed by atoms with E-state index in [1.54, 1.807) is 6.07 Å². The van der Waals surface area contributed by atoms with Gasteiger partial charge in [0.05, 0.1) is 6.61 Å². The number of hydrogen-bond acceptors (Lipinski definition) is 2. The second-order valence-corrected chi connectivity index (χ2v) is 5.06. The summed E-state index contributed by atoms with van der Waals surface area (Å²) in [5.41, 5.74) is 0.801. The van der Waals surface area contributed by atoms with Crippen molar-refractivity contribution < 1.29 is 9.50 Å².